The number of rotatable bonds is 8. The van der Waals surface area contributed by atoms with Crippen molar-refractivity contribution in [1.29, 1.82) is 0 Å². The predicted octanol–water partition coefficient (Wildman–Crippen LogP) is 5.53. The number of sulfonamides is 1. The molecule has 9 nitrogen and oxygen atoms in total. The van der Waals surface area contributed by atoms with Crippen molar-refractivity contribution in [3.05, 3.63) is 77.6 Å². The predicted molar refractivity (Wildman–Crippen MR) is 147 cm³/mol. The molecule has 0 atom stereocenters. The quantitative estimate of drug-likeness (QED) is 0.298. The molecular weight excluding hydrogens is 538 g/mol. The number of nitrogens with zero attached hydrogens (tertiary/aromatic N) is 5. The molecule has 0 aliphatic carbocycles. The molecule has 40 heavy (non-hydrogen) atoms. The number of halogens is 2. The maximum atomic E-state index is 14.6. The lowest BCUT2D eigenvalue weighted by atomic mass is 9.90. The van der Waals surface area contributed by atoms with E-state index in [0.717, 1.165) is 31.5 Å². The third-order valence-electron chi connectivity index (χ3n) is 7.03. The third-order valence-corrected chi connectivity index (χ3v) is 8.31. The van der Waals surface area contributed by atoms with Gasteiger partial charge < -0.3 is 9.64 Å². The Hall–Kier alpha value is -3.90. The first-order valence-corrected chi connectivity index (χ1v) is 14.3. The molecule has 0 unspecified atom stereocenters. The van der Waals surface area contributed by atoms with Crippen molar-refractivity contribution in [1.82, 2.24) is 24.6 Å². The highest BCUT2D eigenvalue weighted by atomic mass is 32.2. The van der Waals surface area contributed by atoms with Crippen LogP contribution in [0.5, 0.6) is 11.6 Å². The molecule has 2 aromatic heterocycles. The Labute approximate surface area is 231 Å². The Morgan fingerprint density at radius 1 is 1.02 bits per heavy atom. The van der Waals surface area contributed by atoms with Crippen LogP contribution in [-0.2, 0) is 17.1 Å². The van der Waals surface area contributed by atoms with Crippen LogP contribution in [0.1, 0.15) is 41.9 Å². The van der Waals surface area contributed by atoms with Crippen LogP contribution in [-0.4, -0.2) is 53.2 Å². The summed E-state index contributed by atoms with van der Waals surface area (Å²) in [4.78, 5) is 10.5. The second-order valence-electron chi connectivity index (χ2n) is 9.93. The minimum absolute atomic E-state index is 0.120. The van der Waals surface area contributed by atoms with Gasteiger partial charge in [-0.05, 0) is 69.1 Å². The molecule has 2 aromatic carbocycles. The first kappa shape index (κ1) is 27.7. The molecule has 0 spiro atoms. The number of nitrogens with one attached hydrogen (secondary N) is 1. The van der Waals surface area contributed by atoms with Gasteiger partial charge in [-0.2, -0.15) is 10.1 Å². The highest BCUT2D eigenvalue weighted by Gasteiger charge is 2.28. The van der Waals surface area contributed by atoms with Crippen LogP contribution in [0.3, 0.4) is 0 Å². The van der Waals surface area contributed by atoms with Crippen LogP contribution in [0.15, 0.2) is 65.8 Å². The van der Waals surface area contributed by atoms with E-state index in [1.807, 2.05) is 12.1 Å². The molecular formula is C28H30F2N6O3S. The summed E-state index contributed by atoms with van der Waals surface area (Å²) in [5, 5.41) is 3.89. The minimum atomic E-state index is -4.15. The van der Waals surface area contributed by atoms with Crippen LogP contribution in [0.4, 0.5) is 14.7 Å². The fourth-order valence-corrected chi connectivity index (χ4v) is 5.72. The van der Waals surface area contributed by atoms with Crippen LogP contribution >= 0.6 is 0 Å². The van der Waals surface area contributed by atoms with Crippen molar-refractivity contribution >= 4 is 16.0 Å². The lowest BCUT2D eigenvalue weighted by Crippen LogP contribution is -2.29. The first-order chi connectivity index (χ1) is 19.1. The van der Waals surface area contributed by atoms with Gasteiger partial charge in [-0.3, -0.25) is 4.68 Å². The number of hydrogen-bond donors (Lipinski definition) is 1. The van der Waals surface area contributed by atoms with E-state index in [-0.39, 0.29) is 10.6 Å². The molecule has 4 aromatic rings. The van der Waals surface area contributed by atoms with E-state index in [1.165, 1.54) is 17.1 Å². The molecule has 1 fully saturated rings. The molecule has 0 bridgehead atoms. The molecule has 210 valence electrons. The minimum Gasteiger partial charge on any atom is -0.438 e. The maximum Gasteiger partial charge on any atom is 0.271 e. The summed E-state index contributed by atoms with van der Waals surface area (Å²) >= 11 is 0. The van der Waals surface area contributed by atoms with Gasteiger partial charge in [-0.25, -0.2) is 26.9 Å². The Balaban J connectivity index is 1.54. The van der Waals surface area contributed by atoms with Crippen molar-refractivity contribution in [2.45, 2.75) is 37.0 Å². The van der Waals surface area contributed by atoms with Gasteiger partial charge in [0.15, 0.2) is 0 Å². The van der Waals surface area contributed by atoms with Gasteiger partial charge >= 0.3 is 0 Å². The maximum absolute atomic E-state index is 14.6. The molecule has 0 amide bonds. The van der Waals surface area contributed by atoms with Gasteiger partial charge in [-0.1, -0.05) is 36.4 Å². The number of piperidine rings is 1. The Bertz CT molecular complexity index is 1600. The molecule has 1 aliphatic rings. The average molecular weight is 569 g/mol. The van der Waals surface area contributed by atoms with E-state index < -0.39 is 33.8 Å². The van der Waals surface area contributed by atoms with E-state index >= 15 is 0 Å². The summed E-state index contributed by atoms with van der Waals surface area (Å²) in [7, 11) is -0.472. The third kappa shape index (κ3) is 5.97. The molecule has 0 saturated carbocycles. The smallest absolute Gasteiger partial charge is 0.271 e. The van der Waals surface area contributed by atoms with E-state index in [9.17, 15) is 17.2 Å². The van der Waals surface area contributed by atoms with Crippen molar-refractivity contribution in [3.8, 4) is 22.9 Å². The molecule has 5 rings (SSSR count). The van der Waals surface area contributed by atoms with Crippen molar-refractivity contribution in [3.63, 3.8) is 0 Å². The van der Waals surface area contributed by atoms with Gasteiger partial charge in [-0.15, -0.1) is 0 Å². The lowest BCUT2D eigenvalue weighted by Gasteiger charge is -2.29. The van der Waals surface area contributed by atoms with Crippen LogP contribution < -0.4 is 9.46 Å². The highest BCUT2D eigenvalue weighted by Crippen LogP contribution is 2.40. The largest absolute Gasteiger partial charge is 0.438 e. The fraction of sp³-hybridized carbons (Fsp3) is 0.321. The first-order valence-electron chi connectivity index (χ1n) is 12.8. The standard InChI is InChI=1S/C28H30F2N6O3S/c1-18-6-4-5-7-23(18)25-24(26(29)30)27(33-28(32-25)34-40(37,38)22-16-31-36(3)17-22)39-21-10-8-19(9-11-21)20-12-14-35(2)15-13-20/h4-11,16-17,20,26H,12-15H2,1-3H3,(H,32,33,34). The second-order valence-corrected chi connectivity index (χ2v) is 11.6. The van der Waals surface area contributed by atoms with Gasteiger partial charge in [0, 0.05) is 18.8 Å². The summed E-state index contributed by atoms with van der Waals surface area (Å²) in [5.41, 5.74) is 1.59. The molecule has 0 radical (unpaired) electrons. The zero-order valence-electron chi connectivity index (χ0n) is 22.4. The second kappa shape index (κ2) is 11.3. The lowest BCUT2D eigenvalue weighted by molar-refractivity contribution is 0.147. The normalized spacial score (nSPS) is 14.9. The Kier molecular flexibility index (Phi) is 7.81. The molecule has 3 heterocycles. The number of alkyl halides is 2. The van der Waals surface area contributed by atoms with Crippen molar-refractivity contribution in [2.75, 3.05) is 24.9 Å². The molecule has 1 aliphatic heterocycles. The van der Waals surface area contributed by atoms with Crippen LogP contribution in [0.2, 0.25) is 0 Å². The summed E-state index contributed by atoms with van der Waals surface area (Å²) in [6, 6.07) is 14.2. The topological polar surface area (TPSA) is 102 Å². The number of hydrogen-bond acceptors (Lipinski definition) is 7. The number of aromatic nitrogens is 4. The van der Waals surface area contributed by atoms with Gasteiger partial charge in [0.05, 0.1) is 11.9 Å². The Morgan fingerprint density at radius 2 is 1.73 bits per heavy atom. The van der Waals surface area contributed by atoms with Gasteiger partial charge in [0.25, 0.3) is 16.4 Å². The molecule has 1 N–H and O–H groups in total. The highest BCUT2D eigenvalue weighted by molar-refractivity contribution is 7.92. The van der Waals surface area contributed by atoms with E-state index in [1.54, 1.807) is 50.4 Å². The molecule has 1 saturated heterocycles. The average Bonchev–Trinajstić information content (AvgIpc) is 3.37. The number of anilines is 1. The molecule has 12 heteroatoms. The van der Waals surface area contributed by atoms with Crippen LogP contribution in [0.25, 0.3) is 11.3 Å². The van der Waals surface area contributed by atoms with Gasteiger partial charge in [0.2, 0.25) is 11.8 Å². The zero-order valence-corrected chi connectivity index (χ0v) is 23.2. The van der Waals surface area contributed by atoms with Crippen LogP contribution in [0, 0.1) is 6.92 Å². The zero-order chi connectivity index (χ0) is 28.4. The summed E-state index contributed by atoms with van der Waals surface area (Å²) < 4.78 is 64.7. The fourth-order valence-electron chi connectivity index (χ4n) is 4.79. The Morgan fingerprint density at radius 3 is 2.35 bits per heavy atom. The SMILES string of the molecule is Cc1ccccc1-c1nc(NS(=O)(=O)c2cnn(C)c2)nc(Oc2ccc(C3CCN(C)CC3)cc2)c1C(F)F. The van der Waals surface area contributed by atoms with E-state index in [4.69, 9.17) is 4.74 Å². The van der Waals surface area contributed by atoms with E-state index in [2.05, 4.69) is 31.7 Å². The number of benzene rings is 2. The summed E-state index contributed by atoms with van der Waals surface area (Å²) in [5.74, 6) is -0.111. The van der Waals surface area contributed by atoms with Crippen molar-refractivity contribution in [2.24, 2.45) is 7.05 Å². The van der Waals surface area contributed by atoms with Crippen molar-refractivity contribution < 1.29 is 21.9 Å². The monoisotopic (exact) mass is 568 g/mol. The number of aryl methyl sites for hydroxylation is 2. The summed E-state index contributed by atoms with van der Waals surface area (Å²) in [6.07, 6.45) is 1.56. The van der Waals surface area contributed by atoms with E-state index in [0.29, 0.717) is 22.8 Å². The number of ether oxygens (including phenoxy) is 1. The summed E-state index contributed by atoms with van der Waals surface area (Å²) in [6.45, 7) is 3.79. The van der Waals surface area contributed by atoms with Gasteiger partial charge in [0.1, 0.15) is 16.2 Å². The number of likely N-dealkylation sites (tertiary alicyclic amines) is 1.